The van der Waals surface area contributed by atoms with Gasteiger partial charge in [-0.1, -0.05) is 27.5 Å². The molecule has 0 fully saturated rings. The van der Waals surface area contributed by atoms with Gasteiger partial charge in [-0.15, -0.1) is 6.58 Å². The first kappa shape index (κ1) is 29.2. The highest BCUT2D eigenvalue weighted by Gasteiger charge is 1.79. The average molecular weight is 217 g/mol. The van der Waals surface area contributed by atoms with Crippen molar-refractivity contribution in [3.05, 3.63) is 24.9 Å². The number of carbonyl (C=O) groups excluding carboxylic acids is 1. The molecule has 0 saturated heterocycles. The number of ketones is 1. The van der Waals surface area contributed by atoms with Crippen molar-refractivity contribution >= 4 is 5.78 Å². The second-order valence-electron chi connectivity index (χ2n) is 2.95. The predicted octanol–water partition coefficient (Wildman–Crippen LogP) is 4.14. The number of nitrogens with zero attached hydrogens (tertiary/aromatic N) is 1. The summed E-state index contributed by atoms with van der Waals surface area (Å²) in [6.45, 7) is 14.0. The van der Waals surface area contributed by atoms with E-state index in [0.29, 0.717) is 0 Å². The fraction of sp³-hybridized carbons (Fsp3) is 0.615. The molecule has 0 aliphatic carbocycles. The number of Topliss-reactive ketones (excluding diaryl/α,β-unsaturated/α-hetero) is 1. The molecule has 0 amide bonds. The fourth-order valence-corrected chi connectivity index (χ4v) is 0. The number of carbonyl (C=O) groups is 1. The van der Waals surface area contributed by atoms with Gasteiger partial charge in [0.2, 0.25) is 0 Å². The quantitative estimate of drug-likeness (QED) is 0.615. The van der Waals surface area contributed by atoms with Crippen LogP contribution in [0.2, 0.25) is 0 Å². The minimum Gasteiger partial charge on any atom is -0.382 e. The van der Waals surface area contributed by atoms with Crippen molar-refractivity contribution in [2.24, 2.45) is 0 Å². The van der Waals surface area contributed by atoms with Gasteiger partial charge in [-0.3, -0.25) is 0 Å². The van der Waals surface area contributed by atoms with Crippen molar-refractivity contribution in [3.8, 4) is 0 Å². The first-order valence-corrected chi connectivity index (χ1v) is 4.16. The number of allylic oxidation sites excluding steroid dienone is 2. The lowest BCUT2D eigenvalue weighted by atomic mass is 10.5. The first-order chi connectivity index (χ1) is 5.79. The molecule has 0 heterocycles. The van der Waals surface area contributed by atoms with E-state index >= 15 is 0 Å². The van der Waals surface area contributed by atoms with Crippen molar-refractivity contribution in [2.75, 3.05) is 14.1 Å². The Bertz CT molecular complexity index is 145. The van der Waals surface area contributed by atoms with E-state index in [0.717, 1.165) is 5.70 Å². The molecule has 0 aliphatic heterocycles. The third-order valence-electron chi connectivity index (χ3n) is 0.763. The van der Waals surface area contributed by atoms with E-state index in [-0.39, 0.29) is 20.6 Å². The van der Waals surface area contributed by atoms with Crippen LogP contribution in [0, 0.1) is 0 Å². The summed E-state index contributed by atoms with van der Waals surface area (Å²) in [6, 6.07) is 0. The maximum atomic E-state index is 9.44. The van der Waals surface area contributed by atoms with Gasteiger partial charge in [-0.25, -0.2) is 0 Å². The Hall–Kier alpha value is -1.05. The molecular weight excluding hydrogens is 186 g/mol. The number of rotatable bonds is 1. The van der Waals surface area contributed by atoms with Gasteiger partial charge in [0.15, 0.2) is 0 Å². The van der Waals surface area contributed by atoms with Crippen LogP contribution in [0.25, 0.3) is 0 Å². The highest BCUT2D eigenvalue weighted by molar-refractivity contribution is 5.72. The first-order valence-electron chi connectivity index (χ1n) is 4.16. The summed E-state index contributed by atoms with van der Waals surface area (Å²) in [5, 5.41) is 0. The maximum absolute atomic E-state index is 9.44. The molecule has 0 radical (unpaired) electrons. The lowest BCUT2D eigenvalue weighted by Crippen LogP contribution is -2.05. The molecule has 0 aromatic rings. The van der Waals surface area contributed by atoms with Crippen LogP contribution in [-0.4, -0.2) is 24.8 Å². The van der Waals surface area contributed by atoms with E-state index in [1.807, 2.05) is 32.8 Å². The van der Waals surface area contributed by atoms with Gasteiger partial charge in [-0.2, -0.15) is 0 Å². The second kappa shape index (κ2) is 23.1. The Balaban J connectivity index is -0.0000000332. The van der Waals surface area contributed by atoms with Gasteiger partial charge in [0.05, 0.1) is 0 Å². The van der Waals surface area contributed by atoms with Crippen LogP contribution in [0.3, 0.4) is 0 Å². The minimum atomic E-state index is 0. The van der Waals surface area contributed by atoms with Crippen LogP contribution in [0.5, 0.6) is 0 Å². The summed E-state index contributed by atoms with van der Waals surface area (Å²) in [7, 11) is 3.95. The molecule has 2 nitrogen and oxygen atoms in total. The molecule has 15 heavy (non-hydrogen) atoms. The summed E-state index contributed by atoms with van der Waals surface area (Å²) < 4.78 is 0. The van der Waals surface area contributed by atoms with E-state index in [4.69, 9.17) is 0 Å². The monoisotopic (exact) mass is 217 g/mol. The summed E-state index contributed by atoms with van der Waals surface area (Å²) >= 11 is 0. The van der Waals surface area contributed by atoms with E-state index in [1.54, 1.807) is 6.08 Å². The fourth-order valence-electron chi connectivity index (χ4n) is 0. The zero-order valence-electron chi connectivity index (χ0n) is 9.85. The molecule has 0 atom stereocenters. The molecule has 0 saturated carbocycles. The Morgan fingerprint density at radius 2 is 1.20 bits per heavy atom. The molecule has 0 unspecified atom stereocenters. The van der Waals surface area contributed by atoms with Gasteiger partial charge < -0.3 is 9.69 Å². The molecule has 0 aromatic heterocycles. The standard InChI is InChI=1S/C5H11N.C3H6O.C3H6.2CH4/c1-5(2)6(3)4;1-3(2)4;1-3-2;;/h1H2,2-4H3;1-2H3;3H,1H2,2H3;2*1H4. The zero-order valence-corrected chi connectivity index (χ0v) is 9.85. The predicted molar refractivity (Wildman–Crippen MR) is 74.2 cm³/mol. The topological polar surface area (TPSA) is 20.3 Å². The Labute approximate surface area is 97.7 Å². The lowest BCUT2D eigenvalue weighted by Gasteiger charge is -2.08. The summed E-state index contributed by atoms with van der Waals surface area (Å²) in [6.07, 6.45) is 1.75. The summed E-state index contributed by atoms with van der Waals surface area (Å²) in [4.78, 5) is 11.4. The van der Waals surface area contributed by atoms with E-state index < -0.39 is 0 Å². The molecule has 0 aromatic carbocycles. The average Bonchev–Trinajstić information content (AvgIpc) is 1.87. The van der Waals surface area contributed by atoms with Crippen molar-refractivity contribution < 1.29 is 4.79 Å². The van der Waals surface area contributed by atoms with Crippen LogP contribution >= 0.6 is 0 Å². The van der Waals surface area contributed by atoms with Crippen LogP contribution in [-0.2, 0) is 4.79 Å². The van der Waals surface area contributed by atoms with Gasteiger partial charge in [0, 0.05) is 19.8 Å². The van der Waals surface area contributed by atoms with Gasteiger partial charge in [0.25, 0.3) is 0 Å². The highest BCUT2D eigenvalue weighted by atomic mass is 16.1. The Morgan fingerprint density at radius 1 is 1.13 bits per heavy atom. The van der Waals surface area contributed by atoms with Gasteiger partial charge >= 0.3 is 0 Å². The molecule has 0 aliphatic rings. The van der Waals surface area contributed by atoms with E-state index in [9.17, 15) is 4.79 Å². The molecule has 0 bridgehead atoms. The van der Waals surface area contributed by atoms with E-state index in [1.165, 1.54) is 13.8 Å². The van der Waals surface area contributed by atoms with Crippen LogP contribution in [0.1, 0.15) is 42.5 Å². The highest BCUT2D eigenvalue weighted by Crippen LogP contribution is 1.86. The van der Waals surface area contributed by atoms with Crippen molar-refractivity contribution in [2.45, 2.75) is 42.5 Å². The SMILES string of the molecule is C.C.C=C(C)N(C)C.C=CC.CC(C)=O. The minimum absolute atomic E-state index is 0. The molecule has 0 rings (SSSR count). The molecule has 0 N–H and O–H groups in total. The van der Waals surface area contributed by atoms with Crippen molar-refractivity contribution in [3.63, 3.8) is 0 Å². The zero-order chi connectivity index (χ0) is 11.4. The molecule has 2 heteroatoms. The molecular formula is C13H31NO. The summed E-state index contributed by atoms with van der Waals surface area (Å²) in [5.41, 5.74) is 1.09. The maximum Gasteiger partial charge on any atom is 0.126 e. The third-order valence-corrected chi connectivity index (χ3v) is 0.763. The largest absolute Gasteiger partial charge is 0.382 e. The van der Waals surface area contributed by atoms with Crippen molar-refractivity contribution in [1.82, 2.24) is 4.90 Å². The normalized spacial score (nSPS) is 5.73. The number of hydrogen-bond donors (Lipinski definition) is 0. The van der Waals surface area contributed by atoms with Gasteiger partial charge in [0.1, 0.15) is 5.78 Å². The Morgan fingerprint density at radius 3 is 1.20 bits per heavy atom. The van der Waals surface area contributed by atoms with Crippen molar-refractivity contribution in [1.29, 1.82) is 0 Å². The Kier molecular flexibility index (Phi) is 45.0. The van der Waals surface area contributed by atoms with Gasteiger partial charge in [-0.05, 0) is 27.7 Å². The van der Waals surface area contributed by atoms with Crippen LogP contribution in [0.15, 0.2) is 24.9 Å². The van der Waals surface area contributed by atoms with E-state index in [2.05, 4.69) is 13.2 Å². The molecule has 94 valence electrons. The van der Waals surface area contributed by atoms with Crippen LogP contribution in [0.4, 0.5) is 0 Å². The third kappa shape index (κ3) is 178. The molecule has 0 spiro atoms. The smallest absolute Gasteiger partial charge is 0.126 e. The lowest BCUT2D eigenvalue weighted by molar-refractivity contribution is -0.114. The number of hydrogen-bond acceptors (Lipinski definition) is 2. The summed E-state index contributed by atoms with van der Waals surface area (Å²) in [5.74, 6) is 0.167. The second-order valence-corrected chi connectivity index (χ2v) is 2.95. The van der Waals surface area contributed by atoms with Crippen LogP contribution < -0.4 is 0 Å².